The Morgan fingerprint density at radius 2 is 1.96 bits per heavy atom. The van der Waals surface area contributed by atoms with Crippen molar-refractivity contribution in [2.45, 2.75) is 12.5 Å². The summed E-state index contributed by atoms with van der Waals surface area (Å²) < 4.78 is 19.0. The van der Waals surface area contributed by atoms with Crippen LogP contribution in [0.15, 0.2) is 53.6 Å². The van der Waals surface area contributed by atoms with Gasteiger partial charge >= 0.3 is 0 Å². The predicted molar refractivity (Wildman–Crippen MR) is 86.2 cm³/mol. The molecule has 0 aliphatic carbocycles. The summed E-state index contributed by atoms with van der Waals surface area (Å²) in [6.45, 7) is 1.34. The second kappa shape index (κ2) is 6.11. The third kappa shape index (κ3) is 2.83. The number of fused-ring (bicyclic) bond motifs is 1. The van der Waals surface area contributed by atoms with Gasteiger partial charge in [0.1, 0.15) is 11.6 Å². The van der Waals surface area contributed by atoms with Crippen molar-refractivity contribution in [1.82, 2.24) is 5.43 Å². The van der Waals surface area contributed by atoms with Crippen molar-refractivity contribution < 1.29 is 18.7 Å². The fourth-order valence-electron chi connectivity index (χ4n) is 2.16. The molecule has 2 aromatic carbocycles. The highest BCUT2D eigenvalue weighted by molar-refractivity contribution is 6.15. The number of benzene rings is 2. The lowest BCUT2D eigenvalue weighted by Gasteiger charge is -2.32. The first-order chi connectivity index (χ1) is 11.5. The summed E-state index contributed by atoms with van der Waals surface area (Å²) in [5, 5.41) is 6.30. The Kier molecular flexibility index (Phi) is 3.99. The quantitative estimate of drug-likeness (QED) is 0.514. The van der Waals surface area contributed by atoms with Gasteiger partial charge in [-0.05, 0) is 25.1 Å². The normalized spacial score (nSPS) is 19.3. The predicted octanol–water partition coefficient (Wildman–Crippen LogP) is 2.07. The van der Waals surface area contributed by atoms with Crippen LogP contribution in [0.5, 0.6) is 5.75 Å². The molecule has 1 atom stereocenters. The highest BCUT2D eigenvalue weighted by atomic mass is 19.1. The van der Waals surface area contributed by atoms with Crippen molar-refractivity contribution in [2.24, 2.45) is 5.10 Å². The van der Waals surface area contributed by atoms with E-state index in [0.29, 0.717) is 11.4 Å². The van der Waals surface area contributed by atoms with Gasteiger partial charge in [0.15, 0.2) is 0 Å². The number of anilines is 1. The molecule has 2 aromatic rings. The number of amides is 2. The van der Waals surface area contributed by atoms with Crippen molar-refractivity contribution in [3.05, 3.63) is 59.9 Å². The van der Waals surface area contributed by atoms with Crippen LogP contribution in [-0.4, -0.2) is 23.6 Å². The van der Waals surface area contributed by atoms with Gasteiger partial charge in [-0.2, -0.15) is 5.10 Å². The van der Waals surface area contributed by atoms with E-state index < -0.39 is 23.2 Å². The largest absolute Gasteiger partial charge is 0.465 e. The highest BCUT2D eigenvalue weighted by Gasteiger charge is 2.47. The smallest absolute Gasteiger partial charge is 0.293 e. The number of hydrogen-bond acceptors (Lipinski definition) is 4. The first kappa shape index (κ1) is 15.7. The SMILES string of the molecule is CC1(C(=O)N/N=C/c2ccccc2F)Oc2ccccc2NC1=O. The Labute approximate surface area is 137 Å². The summed E-state index contributed by atoms with van der Waals surface area (Å²) in [5.74, 6) is -1.46. The molecule has 7 heteroatoms. The maximum absolute atomic E-state index is 13.5. The first-order valence-electron chi connectivity index (χ1n) is 7.18. The molecule has 0 spiro atoms. The number of ether oxygens (including phenoxy) is 1. The van der Waals surface area contributed by atoms with E-state index in [1.54, 1.807) is 36.4 Å². The maximum atomic E-state index is 13.5. The van der Waals surface area contributed by atoms with E-state index in [1.165, 1.54) is 19.1 Å². The van der Waals surface area contributed by atoms with Crippen LogP contribution in [-0.2, 0) is 9.59 Å². The zero-order valence-corrected chi connectivity index (χ0v) is 12.7. The van der Waals surface area contributed by atoms with Crippen LogP contribution in [0.2, 0.25) is 0 Å². The highest BCUT2D eigenvalue weighted by Crippen LogP contribution is 2.33. The van der Waals surface area contributed by atoms with Gasteiger partial charge in [-0.15, -0.1) is 0 Å². The van der Waals surface area contributed by atoms with Crippen molar-refractivity contribution >= 4 is 23.7 Å². The van der Waals surface area contributed by atoms with Gasteiger partial charge in [-0.25, -0.2) is 9.82 Å². The van der Waals surface area contributed by atoms with Gasteiger partial charge in [-0.3, -0.25) is 9.59 Å². The standard InChI is InChI=1S/C17H14FN3O3/c1-17(15(22)20-13-8-4-5-9-14(13)24-17)16(23)21-19-10-11-6-2-3-7-12(11)18/h2-10H,1H3,(H,20,22)(H,21,23)/b19-10+. The summed E-state index contributed by atoms with van der Waals surface area (Å²) in [6, 6.07) is 12.7. The van der Waals surface area contributed by atoms with Crippen molar-refractivity contribution in [3.8, 4) is 5.75 Å². The molecule has 1 heterocycles. The number of nitrogens with one attached hydrogen (secondary N) is 2. The maximum Gasteiger partial charge on any atom is 0.293 e. The molecule has 1 aliphatic rings. The van der Waals surface area contributed by atoms with Crippen LogP contribution in [0, 0.1) is 5.82 Å². The molecular formula is C17H14FN3O3. The van der Waals surface area contributed by atoms with E-state index in [0.717, 1.165) is 6.21 Å². The summed E-state index contributed by atoms with van der Waals surface area (Å²) in [5.41, 5.74) is 1.13. The van der Waals surface area contributed by atoms with Gasteiger partial charge in [0.2, 0.25) is 0 Å². The van der Waals surface area contributed by atoms with Crippen molar-refractivity contribution in [2.75, 3.05) is 5.32 Å². The Hall–Kier alpha value is -3.22. The van der Waals surface area contributed by atoms with Crippen molar-refractivity contribution in [1.29, 1.82) is 0 Å². The van der Waals surface area contributed by atoms with Gasteiger partial charge < -0.3 is 10.1 Å². The molecule has 122 valence electrons. The Morgan fingerprint density at radius 1 is 1.25 bits per heavy atom. The Balaban J connectivity index is 1.75. The van der Waals surface area contributed by atoms with Crippen LogP contribution >= 0.6 is 0 Å². The lowest BCUT2D eigenvalue weighted by molar-refractivity contribution is -0.146. The zero-order valence-electron chi connectivity index (χ0n) is 12.7. The summed E-state index contributed by atoms with van der Waals surface area (Å²) >= 11 is 0. The molecule has 1 unspecified atom stereocenters. The number of para-hydroxylation sites is 2. The summed E-state index contributed by atoms with van der Waals surface area (Å²) in [4.78, 5) is 24.5. The number of hydrazone groups is 1. The summed E-state index contributed by atoms with van der Waals surface area (Å²) in [7, 11) is 0. The Morgan fingerprint density at radius 3 is 2.75 bits per heavy atom. The van der Waals surface area contributed by atoms with Gasteiger partial charge in [-0.1, -0.05) is 30.3 Å². The van der Waals surface area contributed by atoms with Crippen LogP contribution in [0.4, 0.5) is 10.1 Å². The lowest BCUT2D eigenvalue weighted by atomic mass is 10.0. The van der Waals surface area contributed by atoms with Crippen LogP contribution in [0.1, 0.15) is 12.5 Å². The third-order valence-corrected chi connectivity index (χ3v) is 3.59. The van der Waals surface area contributed by atoms with E-state index in [9.17, 15) is 14.0 Å². The topological polar surface area (TPSA) is 79.8 Å². The third-order valence-electron chi connectivity index (χ3n) is 3.59. The second-order valence-corrected chi connectivity index (χ2v) is 5.31. The van der Waals surface area contributed by atoms with Crippen LogP contribution < -0.4 is 15.5 Å². The minimum atomic E-state index is -1.78. The number of nitrogens with zero attached hydrogens (tertiary/aromatic N) is 1. The molecule has 3 rings (SSSR count). The number of hydrogen-bond donors (Lipinski definition) is 2. The number of rotatable bonds is 3. The zero-order chi connectivity index (χ0) is 17.2. The molecular weight excluding hydrogens is 313 g/mol. The van der Waals surface area contributed by atoms with Gasteiger partial charge in [0.05, 0.1) is 11.9 Å². The minimum Gasteiger partial charge on any atom is -0.465 e. The number of carbonyl (C=O) groups is 2. The lowest BCUT2D eigenvalue weighted by Crippen LogP contribution is -2.57. The average Bonchev–Trinajstić information content (AvgIpc) is 2.57. The molecule has 6 nitrogen and oxygen atoms in total. The minimum absolute atomic E-state index is 0.210. The average molecular weight is 327 g/mol. The molecule has 0 saturated heterocycles. The van der Waals surface area contributed by atoms with E-state index in [1.807, 2.05) is 0 Å². The molecule has 0 saturated carbocycles. The summed E-state index contributed by atoms with van der Waals surface area (Å²) in [6.07, 6.45) is 1.16. The van der Waals surface area contributed by atoms with Crippen LogP contribution in [0.3, 0.4) is 0 Å². The molecule has 1 aliphatic heterocycles. The molecule has 0 aromatic heterocycles. The van der Waals surface area contributed by atoms with Gasteiger partial charge in [0.25, 0.3) is 17.4 Å². The fraction of sp³-hybridized carbons (Fsp3) is 0.118. The van der Waals surface area contributed by atoms with E-state index in [-0.39, 0.29) is 5.56 Å². The molecule has 0 radical (unpaired) electrons. The van der Waals surface area contributed by atoms with E-state index in [4.69, 9.17) is 4.74 Å². The monoisotopic (exact) mass is 327 g/mol. The molecule has 0 fully saturated rings. The van der Waals surface area contributed by atoms with Crippen molar-refractivity contribution in [3.63, 3.8) is 0 Å². The molecule has 0 bridgehead atoms. The van der Waals surface area contributed by atoms with Crippen LogP contribution in [0.25, 0.3) is 0 Å². The molecule has 24 heavy (non-hydrogen) atoms. The fourth-order valence-corrected chi connectivity index (χ4v) is 2.16. The molecule has 2 N–H and O–H groups in total. The van der Waals surface area contributed by atoms with E-state index in [2.05, 4.69) is 15.8 Å². The number of carbonyl (C=O) groups excluding carboxylic acids is 2. The first-order valence-corrected chi connectivity index (χ1v) is 7.18. The second-order valence-electron chi connectivity index (χ2n) is 5.31. The Bertz CT molecular complexity index is 837. The van der Waals surface area contributed by atoms with E-state index >= 15 is 0 Å². The molecule has 2 amide bonds. The number of halogens is 1. The van der Waals surface area contributed by atoms with Gasteiger partial charge in [0, 0.05) is 5.56 Å².